The number of nitrogens with zero attached hydrogens (tertiary/aromatic N) is 1. The van der Waals surface area contributed by atoms with Gasteiger partial charge >= 0.3 is 0 Å². The quantitative estimate of drug-likeness (QED) is 0.718. The first kappa shape index (κ1) is 17.8. The summed E-state index contributed by atoms with van der Waals surface area (Å²) in [6, 6.07) is 17.5. The van der Waals surface area contributed by atoms with Gasteiger partial charge in [0.15, 0.2) is 0 Å². The van der Waals surface area contributed by atoms with Gasteiger partial charge in [-0.25, -0.2) is 8.42 Å². The Labute approximate surface area is 162 Å². The molecule has 0 fully saturated rings. The molecule has 5 nitrogen and oxygen atoms in total. The summed E-state index contributed by atoms with van der Waals surface area (Å²) in [6.45, 7) is 0.423. The highest BCUT2D eigenvalue weighted by atomic mass is 32.2. The molecule has 1 aliphatic heterocycles. The lowest BCUT2D eigenvalue weighted by molar-refractivity contribution is 0.103. The molecule has 0 saturated carbocycles. The molecule has 138 valence electrons. The molecule has 7 heteroatoms. The fourth-order valence-corrected chi connectivity index (χ4v) is 5.36. The second-order valence-corrected chi connectivity index (χ2v) is 9.08. The Bertz CT molecular complexity index is 1060. The largest absolute Gasteiger partial charge is 0.321 e. The molecule has 1 N–H and O–H groups in total. The van der Waals surface area contributed by atoms with Crippen LogP contribution in [0.4, 0.5) is 11.4 Å². The van der Waals surface area contributed by atoms with Crippen molar-refractivity contribution < 1.29 is 13.2 Å². The number of rotatable bonds is 4. The fraction of sp³-hybridized carbons (Fsp3) is 0.150. The van der Waals surface area contributed by atoms with Crippen LogP contribution >= 0.6 is 11.3 Å². The van der Waals surface area contributed by atoms with Gasteiger partial charge in [0.2, 0.25) is 0 Å². The van der Waals surface area contributed by atoms with E-state index >= 15 is 0 Å². The van der Waals surface area contributed by atoms with Crippen molar-refractivity contribution in [2.45, 2.75) is 17.7 Å². The number of anilines is 2. The maximum Gasteiger partial charge on any atom is 0.265 e. The van der Waals surface area contributed by atoms with E-state index in [0.717, 1.165) is 18.4 Å². The third-order valence-electron chi connectivity index (χ3n) is 4.50. The Balaban J connectivity index is 1.68. The number of nitrogens with one attached hydrogen (secondary N) is 1. The van der Waals surface area contributed by atoms with Crippen molar-refractivity contribution in [1.29, 1.82) is 0 Å². The molecule has 27 heavy (non-hydrogen) atoms. The van der Waals surface area contributed by atoms with Crippen LogP contribution in [-0.2, 0) is 16.4 Å². The third-order valence-corrected chi connectivity index (χ3v) is 7.19. The van der Waals surface area contributed by atoms with E-state index in [1.165, 1.54) is 15.6 Å². The molecule has 2 aromatic carbocycles. The summed E-state index contributed by atoms with van der Waals surface area (Å²) in [5, 5.41) is 4.70. The molecular weight excluding hydrogens is 380 g/mol. The van der Waals surface area contributed by atoms with Gasteiger partial charge in [-0.05, 0) is 54.1 Å². The maximum atomic E-state index is 13.1. The van der Waals surface area contributed by atoms with Crippen LogP contribution < -0.4 is 9.62 Å². The van der Waals surface area contributed by atoms with Gasteiger partial charge < -0.3 is 5.32 Å². The molecule has 1 aliphatic rings. The lowest BCUT2D eigenvalue weighted by Gasteiger charge is -2.31. The molecule has 0 atom stereocenters. The molecule has 4 rings (SSSR count). The van der Waals surface area contributed by atoms with E-state index in [9.17, 15) is 13.2 Å². The van der Waals surface area contributed by atoms with Crippen LogP contribution in [0.2, 0.25) is 0 Å². The second kappa shape index (κ2) is 7.17. The van der Waals surface area contributed by atoms with Gasteiger partial charge in [0.25, 0.3) is 15.9 Å². The van der Waals surface area contributed by atoms with E-state index in [2.05, 4.69) is 5.32 Å². The van der Waals surface area contributed by atoms with Gasteiger partial charge in [-0.15, -0.1) is 11.3 Å². The molecule has 2 heterocycles. The van der Waals surface area contributed by atoms with E-state index in [0.29, 0.717) is 22.8 Å². The number of carbonyl (C=O) groups is 1. The van der Waals surface area contributed by atoms with Crippen molar-refractivity contribution in [2.75, 3.05) is 16.2 Å². The zero-order valence-electron chi connectivity index (χ0n) is 14.5. The first-order valence-electron chi connectivity index (χ1n) is 8.61. The van der Waals surface area contributed by atoms with Crippen LogP contribution in [0, 0.1) is 0 Å². The first-order valence-corrected chi connectivity index (χ1v) is 10.9. The van der Waals surface area contributed by atoms with E-state index in [4.69, 9.17) is 0 Å². The van der Waals surface area contributed by atoms with Crippen molar-refractivity contribution in [3.05, 3.63) is 76.5 Å². The van der Waals surface area contributed by atoms with Gasteiger partial charge in [0, 0.05) is 12.2 Å². The number of thiophene rings is 1. The summed E-state index contributed by atoms with van der Waals surface area (Å²) in [5.74, 6) is -0.196. The van der Waals surface area contributed by atoms with Crippen LogP contribution in [0.1, 0.15) is 21.7 Å². The molecule has 0 bridgehead atoms. The summed E-state index contributed by atoms with van der Waals surface area (Å²) >= 11 is 1.36. The minimum atomic E-state index is -3.64. The second-order valence-electron chi connectivity index (χ2n) is 6.27. The number of hydrogen-bond acceptors (Lipinski definition) is 4. The van der Waals surface area contributed by atoms with Crippen LogP contribution in [0.5, 0.6) is 0 Å². The molecule has 1 aromatic heterocycles. The number of benzene rings is 2. The van der Waals surface area contributed by atoms with Gasteiger partial charge in [-0.2, -0.15) is 0 Å². The summed E-state index contributed by atoms with van der Waals surface area (Å²) in [6.07, 6.45) is 1.58. The Morgan fingerprint density at radius 1 is 1.04 bits per heavy atom. The molecule has 0 aliphatic carbocycles. The van der Waals surface area contributed by atoms with Crippen molar-refractivity contribution in [3.8, 4) is 0 Å². The van der Waals surface area contributed by atoms with Crippen molar-refractivity contribution in [3.63, 3.8) is 0 Å². The lowest BCUT2D eigenvalue weighted by atomic mass is 10.0. The Morgan fingerprint density at radius 3 is 2.59 bits per heavy atom. The monoisotopic (exact) mass is 398 g/mol. The molecule has 0 radical (unpaired) electrons. The van der Waals surface area contributed by atoms with Crippen LogP contribution in [0.3, 0.4) is 0 Å². The van der Waals surface area contributed by atoms with E-state index in [1.807, 2.05) is 23.6 Å². The van der Waals surface area contributed by atoms with Crippen LogP contribution in [-0.4, -0.2) is 20.9 Å². The van der Waals surface area contributed by atoms with Crippen molar-refractivity contribution in [1.82, 2.24) is 0 Å². The molecule has 0 saturated heterocycles. The minimum absolute atomic E-state index is 0.196. The number of aryl methyl sites for hydroxylation is 1. The van der Waals surface area contributed by atoms with Crippen molar-refractivity contribution >= 4 is 38.6 Å². The molecule has 3 aromatic rings. The average molecular weight is 399 g/mol. The minimum Gasteiger partial charge on any atom is -0.321 e. The predicted molar refractivity (Wildman–Crippen MR) is 108 cm³/mol. The lowest BCUT2D eigenvalue weighted by Crippen LogP contribution is -2.35. The average Bonchev–Trinajstić information content (AvgIpc) is 3.23. The van der Waals surface area contributed by atoms with Crippen LogP contribution in [0.25, 0.3) is 0 Å². The number of carbonyl (C=O) groups excluding carboxylic acids is 1. The molecular formula is C20H18N2O3S2. The first-order chi connectivity index (χ1) is 13.1. The van der Waals surface area contributed by atoms with Crippen LogP contribution in [0.15, 0.2) is 70.9 Å². The van der Waals surface area contributed by atoms with Gasteiger partial charge in [0.05, 0.1) is 15.5 Å². The zero-order valence-corrected chi connectivity index (χ0v) is 16.1. The fourth-order valence-electron chi connectivity index (χ4n) is 3.19. The maximum absolute atomic E-state index is 13.1. The van der Waals surface area contributed by atoms with Gasteiger partial charge in [-0.3, -0.25) is 9.10 Å². The zero-order chi connectivity index (χ0) is 18.9. The summed E-state index contributed by atoms with van der Waals surface area (Å²) in [4.78, 5) is 13.2. The Kier molecular flexibility index (Phi) is 4.72. The van der Waals surface area contributed by atoms with E-state index in [-0.39, 0.29) is 10.8 Å². The smallest absolute Gasteiger partial charge is 0.265 e. The predicted octanol–water partition coefficient (Wildman–Crippen LogP) is 4.14. The number of fused-ring (bicyclic) bond motifs is 1. The molecule has 1 amide bonds. The summed E-state index contributed by atoms with van der Waals surface area (Å²) in [5.41, 5.74) is 2.19. The standard InChI is InChI=1S/C20H18N2O3S2/c23-20(19-9-5-13-26-19)21-16-11-10-15-6-4-12-22(18(15)14-16)27(24,25)17-7-2-1-3-8-17/h1-3,5,7-11,13-14H,4,6,12H2,(H,21,23). The number of amides is 1. The molecule has 0 spiro atoms. The van der Waals surface area contributed by atoms with E-state index < -0.39 is 10.0 Å². The summed E-state index contributed by atoms with van der Waals surface area (Å²) < 4.78 is 27.7. The Morgan fingerprint density at radius 2 is 1.85 bits per heavy atom. The van der Waals surface area contributed by atoms with Gasteiger partial charge in [-0.1, -0.05) is 30.3 Å². The van der Waals surface area contributed by atoms with E-state index in [1.54, 1.807) is 42.5 Å². The SMILES string of the molecule is O=C(Nc1ccc2c(c1)N(S(=O)(=O)c1ccccc1)CCC2)c1cccs1. The summed E-state index contributed by atoms with van der Waals surface area (Å²) in [7, 11) is -3.64. The topological polar surface area (TPSA) is 66.5 Å². The van der Waals surface area contributed by atoms with Gasteiger partial charge in [0.1, 0.15) is 0 Å². The van der Waals surface area contributed by atoms with Crippen molar-refractivity contribution in [2.24, 2.45) is 0 Å². The highest BCUT2D eigenvalue weighted by Crippen LogP contribution is 2.34. The highest BCUT2D eigenvalue weighted by Gasteiger charge is 2.29. The Hall–Kier alpha value is -2.64. The highest BCUT2D eigenvalue weighted by molar-refractivity contribution is 7.92. The third kappa shape index (κ3) is 3.48. The molecule has 0 unspecified atom stereocenters. The normalized spacial score (nSPS) is 13.9. The number of sulfonamides is 1. The number of hydrogen-bond donors (Lipinski definition) is 1.